The number of aliphatic carboxylic acids is 1. The van der Waals surface area contributed by atoms with E-state index in [4.69, 9.17) is 10.5 Å². The molecule has 286 valence electrons. The molecular formula is C44H59N3O6. The van der Waals surface area contributed by atoms with E-state index >= 15 is 0 Å². The third-order valence-corrected chi connectivity index (χ3v) is 14.9. The molecule has 2 aromatic carbocycles. The van der Waals surface area contributed by atoms with Gasteiger partial charge < -0.3 is 30.7 Å². The molecule has 9 nitrogen and oxygen atoms in total. The summed E-state index contributed by atoms with van der Waals surface area (Å²) < 4.78 is 6.61. The standard InChI is InChI=1S/C44H59N3O6/c1-26(9-14-40(50)51)34-12-13-35-41-36(23-39(49)44(34,35)4)43(3)16-15-33(21-31(43)22-38(41)48)53-18-17-47(25-29-10-11-32(45)19-27(29)2)42(52)30-20-28-7-5-6-8-37(28)46-24-30/h5-8,10-11,19-20,24,26,31,33-36,38-39,41,48-49H,9,12-18,21-23,25,45H2,1-4H3,(H,50,51)/t26?,31?,33-,34+,35?,36?,38+,39-,41?,43-,44+/m0/s1. The summed E-state index contributed by atoms with van der Waals surface area (Å²) in [5.41, 5.74) is 9.91. The number of rotatable bonds is 11. The minimum atomic E-state index is -0.764. The molecule has 3 aromatic rings. The first-order valence-electron chi connectivity index (χ1n) is 20.0. The molecule has 1 amide bonds. The molecule has 5 unspecified atom stereocenters. The van der Waals surface area contributed by atoms with Crippen LogP contribution in [0.4, 0.5) is 5.69 Å². The smallest absolute Gasteiger partial charge is 0.303 e. The van der Waals surface area contributed by atoms with Crippen LogP contribution in [0, 0.1) is 53.3 Å². The molecular weight excluding hydrogens is 666 g/mol. The Morgan fingerprint density at radius 1 is 1.04 bits per heavy atom. The lowest BCUT2D eigenvalue weighted by atomic mass is 9.43. The number of carbonyl (C=O) groups excluding carboxylic acids is 1. The van der Waals surface area contributed by atoms with Gasteiger partial charge in [0.1, 0.15) is 0 Å². The average molecular weight is 726 g/mol. The SMILES string of the molecule is Cc1cc(N)ccc1CN(CCO[C@H]1CC[C@@]2(C)C(C1)C[C@@H](O)C1C2C[C@H](O)[C@@]2(C)C1CC[C@@H]2C(C)CCC(=O)O)C(=O)c1cnc2ccccc2c1. The third kappa shape index (κ3) is 7.09. The van der Waals surface area contributed by atoms with Gasteiger partial charge in [0, 0.05) is 36.8 Å². The fraction of sp³-hybridized carbons (Fsp3) is 0.614. The number of nitrogens with two attached hydrogens (primary N) is 1. The number of carbonyl (C=O) groups is 2. The number of amides is 1. The van der Waals surface area contributed by atoms with Gasteiger partial charge in [-0.15, -0.1) is 0 Å². The van der Waals surface area contributed by atoms with Gasteiger partial charge in [-0.3, -0.25) is 14.6 Å². The van der Waals surface area contributed by atoms with Crippen molar-refractivity contribution in [2.45, 2.75) is 110 Å². The number of anilines is 1. The summed E-state index contributed by atoms with van der Waals surface area (Å²) in [6.07, 6.45) is 7.78. The Morgan fingerprint density at radius 2 is 1.83 bits per heavy atom. The molecule has 4 saturated carbocycles. The molecule has 0 saturated heterocycles. The Labute approximate surface area is 314 Å². The van der Waals surface area contributed by atoms with Gasteiger partial charge >= 0.3 is 5.97 Å². The highest BCUT2D eigenvalue weighted by molar-refractivity contribution is 5.97. The number of benzene rings is 2. The maximum atomic E-state index is 14.0. The number of hydrogen-bond acceptors (Lipinski definition) is 7. The van der Waals surface area contributed by atoms with E-state index in [-0.39, 0.29) is 58.9 Å². The van der Waals surface area contributed by atoms with Crippen molar-refractivity contribution in [3.05, 3.63) is 71.4 Å². The van der Waals surface area contributed by atoms with Gasteiger partial charge in [-0.1, -0.05) is 45.0 Å². The van der Waals surface area contributed by atoms with Gasteiger partial charge in [-0.05, 0) is 140 Å². The number of aryl methyl sites for hydroxylation is 1. The van der Waals surface area contributed by atoms with E-state index in [1.807, 2.05) is 60.4 Å². The summed E-state index contributed by atoms with van der Waals surface area (Å²) in [6, 6.07) is 15.5. The predicted octanol–water partition coefficient (Wildman–Crippen LogP) is 7.25. The number of carboxylic acid groups (broad SMARTS) is 1. The lowest BCUT2D eigenvalue weighted by Crippen LogP contribution is -2.62. The molecule has 7 rings (SSSR count). The van der Waals surface area contributed by atoms with Crippen LogP contribution in [-0.4, -0.2) is 68.5 Å². The first kappa shape index (κ1) is 37.8. The second-order valence-corrected chi connectivity index (χ2v) is 17.6. The lowest BCUT2D eigenvalue weighted by Gasteiger charge is -2.63. The van der Waals surface area contributed by atoms with E-state index in [0.717, 1.165) is 60.6 Å². The molecule has 9 heteroatoms. The van der Waals surface area contributed by atoms with Crippen molar-refractivity contribution in [3.8, 4) is 0 Å². The fourth-order valence-electron chi connectivity index (χ4n) is 11.9. The zero-order valence-corrected chi connectivity index (χ0v) is 31.9. The molecule has 53 heavy (non-hydrogen) atoms. The Hall–Kier alpha value is -3.53. The van der Waals surface area contributed by atoms with Crippen LogP contribution >= 0.6 is 0 Å². The molecule has 4 fully saturated rings. The quantitative estimate of drug-likeness (QED) is 0.151. The fourth-order valence-corrected chi connectivity index (χ4v) is 11.9. The summed E-state index contributed by atoms with van der Waals surface area (Å²) in [5, 5.41) is 34.1. The van der Waals surface area contributed by atoms with Crippen molar-refractivity contribution >= 4 is 28.5 Å². The number of pyridine rings is 1. The summed E-state index contributed by atoms with van der Waals surface area (Å²) in [4.78, 5) is 31.8. The number of nitrogens with zero attached hydrogens (tertiary/aromatic N) is 2. The zero-order valence-electron chi connectivity index (χ0n) is 31.9. The first-order valence-corrected chi connectivity index (χ1v) is 20.0. The van der Waals surface area contributed by atoms with Gasteiger partial charge in [-0.2, -0.15) is 0 Å². The predicted molar refractivity (Wildman–Crippen MR) is 206 cm³/mol. The van der Waals surface area contributed by atoms with Crippen molar-refractivity contribution in [1.29, 1.82) is 0 Å². The van der Waals surface area contributed by atoms with Crippen molar-refractivity contribution < 1.29 is 29.6 Å². The third-order valence-electron chi connectivity index (χ3n) is 14.9. The number of carboxylic acids is 1. The Balaban J connectivity index is 1.02. The number of para-hydroxylation sites is 1. The van der Waals surface area contributed by atoms with Crippen LogP contribution in [0.15, 0.2) is 54.7 Å². The summed E-state index contributed by atoms with van der Waals surface area (Å²) in [7, 11) is 0. The molecule has 0 spiro atoms. The number of hydrogen-bond donors (Lipinski definition) is 4. The highest BCUT2D eigenvalue weighted by Gasteiger charge is 2.65. The number of nitrogen functional groups attached to an aromatic ring is 1. The molecule has 5 N–H and O–H groups in total. The van der Waals surface area contributed by atoms with Crippen LogP contribution in [0.25, 0.3) is 10.9 Å². The first-order chi connectivity index (χ1) is 25.3. The second kappa shape index (κ2) is 15.0. The van der Waals surface area contributed by atoms with Gasteiger partial charge in [0.25, 0.3) is 5.91 Å². The minimum absolute atomic E-state index is 0.0108. The number of aliphatic hydroxyl groups excluding tert-OH is 2. The Kier molecular flexibility index (Phi) is 10.7. The van der Waals surface area contributed by atoms with Crippen molar-refractivity contribution in [1.82, 2.24) is 9.88 Å². The van der Waals surface area contributed by atoms with Gasteiger partial charge in [0.2, 0.25) is 0 Å². The normalized spacial score (nSPS) is 34.2. The van der Waals surface area contributed by atoms with E-state index in [2.05, 4.69) is 25.8 Å². The highest BCUT2D eigenvalue weighted by atomic mass is 16.5. The summed E-state index contributed by atoms with van der Waals surface area (Å²) in [6.45, 7) is 10.1. The van der Waals surface area contributed by atoms with Crippen LogP contribution in [0.1, 0.15) is 100 Å². The van der Waals surface area contributed by atoms with E-state index in [9.17, 15) is 24.9 Å². The number of fused-ring (bicyclic) bond motifs is 6. The number of aromatic nitrogens is 1. The maximum absolute atomic E-state index is 14.0. The number of aliphatic hydroxyl groups is 2. The van der Waals surface area contributed by atoms with Gasteiger partial charge in [0.05, 0.1) is 36.0 Å². The largest absolute Gasteiger partial charge is 0.481 e. The number of ether oxygens (including phenoxy) is 1. The monoisotopic (exact) mass is 725 g/mol. The van der Waals surface area contributed by atoms with E-state index in [1.54, 1.807) is 6.20 Å². The topological polar surface area (TPSA) is 146 Å². The molecule has 0 radical (unpaired) electrons. The van der Waals surface area contributed by atoms with E-state index < -0.39 is 18.2 Å². The highest BCUT2D eigenvalue weighted by Crippen LogP contribution is 2.68. The van der Waals surface area contributed by atoms with Crippen LogP contribution in [0.5, 0.6) is 0 Å². The molecule has 0 aliphatic heterocycles. The van der Waals surface area contributed by atoms with E-state index in [0.29, 0.717) is 49.7 Å². The van der Waals surface area contributed by atoms with Crippen molar-refractivity contribution in [2.24, 2.45) is 46.3 Å². The minimum Gasteiger partial charge on any atom is -0.481 e. The summed E-state index contributed by atoms with van der Waals surface area (Å²) in [5.74, 6) is 0.548. The Morgan fingerprint density at radius 3 is 2.60 bits per heavy atom. The zero-order chi connectivity index (χ0) is 37.7. The molecule has 0 bridgehead atoms. The van der Waals surface area contributed by atoms with Crippen LogP contribution in [-0.2, 0) is 16.1 Å². The molecule has 1 heterocycles. The maximum Gasteiger partial charge on any atom is 0.303 e. The second-order valence-electron chi connectivity index (χ2n) is 17.6. The van der Waals surface area contributed by atoms with E-state index in [1.165, 1.54) is 0 Å². The van der Waals surface area contributed by atoms with Gasteiger partial charge in [-0.25, -0.2) is 0 Å². The van der Waals surface area contributed by atoms with Crippen molar-refractivity contribution in [2.75, 3.05) is 18.9 Å². The van der Waals surface area contributed by atoms with Crippen molar-refractivity contribution in [3.63, 3.8) is 0 Å². The van der Waals surface area contributed by atoms with Crippen LogP contribution in [0.2, 0.25) is 0 Å². The molecule has 1 aromatic heterocycles. The Bertz CT molecular complexity index is 1820. The molecule has 4 aliphatic rings. The lowest BCUT2D eigenvalue weighted by molar-refractivity contribution is -0.209. The summed E-state index contributed by atoms with van der Waals surface area (Å²) >= 11 is 0. The average Bonchev–Trinajstić information content (AvgIpc) is 3.49. The van der Waals surface area contributed by atoms with Crippen LogP contribution in [0.3, 0.4) is 0 Å². The van der Waals surface area contributed by atoms with Gasteiger partial charge in [0.15, 0.2) is 0 Å². The molecule has 4 aliphatic carbocycles. The molecule has 11 atom stereocenters. The van der Waals surface area contributed by atoms with Crippen LogP contribution < -0.4 is 5.73 Å².